The van der Waals surface area contributed by atoms with Crippen LogP contribution in [0.15, 0.2) is 78.9 Å². The third kappa shape index (κ3) is 7.82. The van der Waals surface area contributed by atoms with Crippen LogP contribution in [-0.2, 0) is 22.6 Å². The molecule has 184 valence electrons. The monoisotopic (exact) mass is 496 g/mol. The maximum absolute atomic E-state index is 14.1. The van der Waals surface area contributed by atoms with E-state index in [0.29, 0.717) is 23.6 Å². The molecule has 0 unspecified atom stereocenters. The van der Waals surface area contributed by atoms with Crippen LogP contribution in [-0.4, -0.2) is 35.9 Å². The van der Waals surface area contributed by atoms with Crippen LogP contribution in [0, 0.1) is 11.7 Å². The van der Waals surface area contributed by atoms with Crippen molar-refractivity contribution < 1.29 is 18.7 Å². The molecule has 0 radical (unpaired) electrons. The molecule has 1 N–H and O–H groups in total. The summed E-state index contributed by atoms with van der Waals surface area (Å²) in [7, 11) is 0. The highest BCUT2D eigenvalue weighted by Crippen LogP contribution is 2.21. The first-order valence-corrected chi connectivity index (χ1v) is 11.9. The van der Waals surface area contributed by atoms with E-state index in [9.17, 15) is 14.0 Å². The van der Waals surface area contributed by atoms with Gasteiger partial charge < -0.3 is 15.0 Å². The fourth-order valence-electron chi connectivity index (χ4n) is 3.57. The van der Waals surface area contributed by atoms with Crippen molar-refractivity contribution in [3.05, 3.63) is 101 Å². The first kappa shape index (κ1) is 26.2. The van der Waals surface area contributed by atoms with Gasteiger partial charge in [-0.2, -0.15) is 0 Å². The minimum atomic E-state index is -0.816. The quantitative estimate of drug-likeness (QED) is 0.393. The minimum Gasteiger partial charge on any atom is -0.481 e. The molecule has 3 aromatic carbocycles. The Balaban J connectivity index is 1.92. The Hall–Kier alpha value is -3.38. The maximum atomic E-state index is 14.1. The van der Waals surface area contributed by atoms with Crippen molar-refractivity contribution >= 4 is 23.4 Å². The fourth-order valence-corrected chi connectivity index (χ4v) is 3.77. The molecule has 0 bridgehead atoms. The molecule has 0 saturated heterocycles. The van der Waals surface area contributed by atoms with Crippen LogP contribution in [0.25, 0.3) is 0 Å². The van der Waals surface area contributed by atoms with Crippen molar-refractivity contribution in [2.24, 2.45) is 5.92 Å². The number of carbonyl (C=O) groups excluding carboxylic acids is 2. The number of rotatable bonds is 11. The number of benzene rings is 3. The Labute approximate surface area is 210 Å². The molecule has 7 heteroatoms. The third-order valence-corrected chi connectivity index (χ3v) is 5.81. The molecule has 35 heavy (non-hydrogen) atoms. The van der Waals surface area contributed by atoms with Crippen molar-refractivity contribution in [2.45, 2.75) is 32.9 Å². The van der Waals surface area contributed by atoms with E-state index in [-0.39, 0.29) is 24.1 Å². The van der Waals surface area contributed by atoms with Crippen LogP contribution in [0.5, 0.6) is 5.75 Å². The van der Waals surface area contributed by atoms with Crippen LogP contribution < -0.4 is 10.1 Å². The predicted molar refractivity (Wildman–Crippen MR) is 136 cm³/mol. The number of amides is 2. The summed E-state index contributed by atoms with van der Waals surface area (Å²) in [6.07, 6.45) is 0.306. The number of para-hydroxylation sites is 1. The lowest BCUT2D eigenvalue weighted by molar-refractivity contribution is -0.142. The number of hydrogen-bond acceptors (Lipinski definition) is 3. The number of carbonyl (C=O) groups is 2. The molecule has 0 aliphatic carbocycles. The molecule has 0 heterocycles. The van der Waals surface area contributed by atoms with E-state index in [1.165, 1.54) is 17.0 Å². The van der Waals surface area contributed by atoms with Gasteiger partial charge in [-0.05, 0) is 35.2 Å². The maximum Gasteiger partial charge on any atom is 0.261 e. The van der Waals surface area contributed by atoms with E-state index < -0.39 is 24.4 Å². The van der Waals surface area contributed by atoms with Gasteiger partial charge >= 0.3 is 0 Å². The smallest absolute Gasteiger partial charge is 0.261 e. The van der Waals surface area contributed by atoms with E-state index in [1.54, 1.807) is 24.3 Å². The van der Waals surface area contributed by atoms with Gasteiger partial charge in [0.2, 0.25) is 5.91 Å². The molecule has 5 nitrogen and oxygen atoms in total. The van der Waals surface area contributed by atoms with E-state index in [2.05, 4.69) is 5.32 Å². The predicted octanol–water partition coefficient (Wildman–Crippen LogP) is 5.27. The number of ether oxygens (including phenoxy) is 1. The highest BCUT2D eigenvalue weighted by molar-refractivity contribution is 6.31. The van der Waals surface area contributed by atoms with Crippen molar-refractivity contribution in [3.63, 3.8) is 0 Å². The zero-order valence-electron chi connectivity index (χ0n) is 19.9. The number of hydrogen-bond donors (Lipinski definition) is 1. The standard InChI is InChI=1S/C28H30ClFN2O3/c1-20(2)17-31-28(34)25(16-21-10-4-3-5-11-21)32(18-22-12-6-7-13-23(22)29)27(33)19-35-26-15-9-8-14-24(26)30/h3-15,20,25H,16-19H2,1-2H3,(H,31,34)/t25-/m0/s1. The Kier molecular flexibility index (Phi) is 9.67. The first-order chi connectivity index (χ1) is 16.8. The molecule has 2 amide bonds. The van der Waals surface area contributed by atoms with Gasteiger partial charge in [-0.3, -0.25) is 9.59 Å². The van der Waals surface area contributed by atoms with Gasteiger partial charge in [0.1, 0.15) is 6.04 Å². The minimum absolute atomic E-state index is 0.0255. The Morgan fingerprint density at radius 2 is 1.63 bits per heavy atom. The molecule has 0 saturated carbocycles. The van der Waals surface area contributed by atoms with E-state index in [4.69, 9.17) is 16.3 Å². The lowest BCUT2D eigenvalue weighted by Gasteiger charge is -2.32. The molecule has 1 atom stereocenters. The highest BCUT2D eigenvalue weighted by atomic mass is 35.5. The van der Waals surface area contributed by atoms with Crippen molar-refractivity contribution in [1.82, 2.24) is 10.2 Å². The Morgan fingerprint density at radius 1 is 0.971 bits per heavy atom. The first-order valence-electron chi connectivity index (χ1n) is 11.6. The fraction of sp³-hybridized carbons (Fsp3) is 0.286. The van der Waals surface area contributed by atoms with E-state index in [0.717, 1.165) is 5.56 Å². The second kappa shape index (κ2) is 12.9. The summed E-state index contributed by atoms with van der Waals surface area (Å²) >= 11 is 6.39. The van der Waals surface area contributed by atoms with E-state index in [1.807, 2.05) is 56.3 Å². The second-order valence-electron chi connectivity index (χ2n) is 8.68. The normalized spacial score (nSPS) is 11.7. The molecular formula is C28H30ClFN2O3. The van der Waals surface area contributed by atoms with Gasteiger partial charge in [0.25, 0.3) is 5.91 Å². The van der Waals surface area contributed by atoms with Gasteiger partial charge in [-0.1, -0.05) is 86.1 Å². The zero-order valence-corrected chi connectivity index (χ0v) is 20.7. The molecule has 0 aliphatic heterocycles. The molecule has 3 rings (SSSR count). The summed E-state index contributed by atoms with van der Waals surface area (Å²) in [4.78, 5) is 28.3. The topological polar surface area (TPSA) is 58.6 Å². The summed E-state index contributed by atoms with van der Waals surface area (Å²) in [6.45, 7) is 4.16. The number of nitrogens with one attached hydrogen (secondary N) is 1. The van der Waals surface area contributed by atoms with E-state index >= 15 is 0 Å². The highest BCUT2D eigenvalue weighted by Gasteiger charge is 2.31. The lowest BCUT2D eigenvalue weighted by Crippen LogP contribution is -2.52. The van der Waals surface area contributed by atoms with Crippen molar-refractivity contribution in [2.75, 3.05) is 13.2 Å². The van der Waals surface area contributed by atoms with Gasteiger partial charge in [0.15, 0.2) is 18.2 Å². The van der Waals surface area contributed by atoms with Crippen LogP contribution in [0.1, 0.15) is 25.0 Å². The summed E-state index contributed by atoms with van der Waals surface area (Å²) in [5.41, 5.74) is 1.60. The van der Waals surface area contributed by atoms with Crippen molar-refractivity contribution in [1.29, 1.82) is 0 Å². The van der Waals surface area contributed by atoms with Crippen LogP contribution in [0.4, 0.5) is 4.39 Å². The summed E-state index contributed by atoms with van der Waals surface area (Å²) in [6, 6.07) is 21.7. The average molecular weight is 497 g/mol. The largest absolute Gasteiger partial charge is 0.481 e. The second-order valence-corrected chi connectivity index (χ2v) is 9.08. The Bertz CT molecular complexity index is 1120. The summed E-state index contributed by atoms with van der Waals surface area (Å²) in [5.74, 6) is -1.06. The molecule has 0 aliphatic rings. The molecule has 0 fully saturated rings. The van der Waals surface area contributed by atoms with Gasteiger partial charge in [0.05, 0.1) is 0 Å². The van der Waals surface area contributed by atoms with Gasteiger partial charge in [0, 0.05) is 24.5 Å². The number of halogens is 2. The Morgan fingerprint density at radius 3 is 2.31 bits per heavy atom. The lowest BCUT2D eigenvalue weighted by atomic mass is 10.0. The summed E-state index contributed by atoms with van der Waals surface area (Å²) in [5, 5.41) is 3.44. The third-order valence-electron chi connectivity index (χ3n) is 5.44. The SMILES string of the molecule is CC(C)CNC(=O)[C@H](Cc1ccccc1)N(Cc1ccccc1Cl)C(=O)COc1ccccc1F. The molecule has 0 spiro atoms. The molecule has 0 aromatic heterocycles. The zero-order chi connectivity index (χ0) is 25.2. The summed E-state index contributed by atoms with van der Waals surface area (Å²) < 4.78 is 19.6. The van der Waals surface area contributed by atoms with Crippen LogP contribution in [0.2, 0.25) is 5.02 Å². The van der Waals surface area contributed by atoms with Gasteiger partial charge in [-0.25, -0.2) is 4.39 Å². The number of nitrogens with zero attached hydrogens (tertiary/aromatic N) is 1. The molecule has 3 aromatic rings. The van der Waals surface area contributed by atoms with Gasteiger partial charge in [-0.15, -0.1) is 0 Å². The van der Waals surface area contributed by atoms with Crippen LogP contribution >= 0.6 is 11.6 Å². The van der Waals surface area contributed by atoms with Crippen molar-refractivity contribution in [3.8, 4) is 5.75 Å². The average Bonchev–Trinajstić information content (AvgIpc) is 2.85. The molecular weight excluding hydrogens is 467 g/mol. The van der Waals surface area contributed by atoms with Crippen LogP contribution in [0.3, 0.4) is 0 Å².